The monoisotopic (exact) mass is 334 g/mol. The Morgan fingerprint density at radius 3 is 2.35 bits per heavy atom. The number of anilines is 2. The Balaban J connectivity index is 1.64. The molecule has 0 aliphatic carbocycles. The number of piperazine rings is 1. The summed E-state index contributed by atoms with van der Waals surface area (Å²) >= 11 is 1.58. The van der Waals surface area contributed by atoms with Crippen LogP contribution in [0.4, 0.5) is 15.9 Å². The molecule has 5 nitrogen and oxygen atoms in total. The molecule has 23 heavy (non-hydrogen) atoms. The first-order valence-electron chi connectivity index (χ1n) is 7.42. The number of ether oxygens (including phenoxy) is 1. The van der Waals surface area contributed by atoms with Gasteiger partial charge in [0.25, 0.3) is 0 Å². The fourth-order valence-corrected chi connectivity index (χ4v) is 2.96. The van der Waals surface area contributed by atoms with E-state index in [9.17, 15) is 4.39 Å². The Morgan fingerprint density at radius 2 is 1.78 bits per heavy atom. The van der Waals surface area contributed by atoms with Crippen LogP contribution in [0.2, 0.25) is 0 Å². The minimum atomic E-state index is -0.328. The van der Waals surface area contributed by atoms with Gasteiger partial charge in [0.1, 0.15) is 5.03 Å². The lowest BCUT2D eigenvalue weighted by Crippen LogP contribution is -2.46. The van der Waals surface area contributed by atoms with Gasteiger partial charge in [0, 0.05) is 37.9 Å². The molecule has 0 N–H and O–H groups in total. The highest BCUT2D eigenvalue weighted by Gasteiger charge is 2.19. The zero-order chi connectivity index (χ0) is 16.2. The number of halogens is 1. The predicted molar refractivity (Wildman–Crippen MR) is 91.2 cm³/mol. The van der Waals surface area contributed by atoms with Gasteiger partial charge >= 0.3 is 0 Å². The number of thioether (sulfide) groups is 1. The number of hydrogen-bond donors (Lipinski definition) is 0. The Kier molecular flexibility index (Phi) is 4.85. The van der Waals surface area contributed by atoms with Crippen molar-refractivity contribution in [1.29, 1.82) is 0 Å². The van der Waals surface area contributed by atoms with Gasteiger partial charge in [0.2, 0.25) is 0 Å². The number of rotatable bonds is 4. The lowest BCUT2D eigenvalue weighted by molar-refractivity contribution is 0.386. The van der Waals surface area contributed by atoms with Gasteiger partial charge in [-0.3, -0.25) is 0 Å². The minimum absolute atomic E-state index is 0.275. The summed E-state index contributed by atoms with van der Waals surface area (Å²) in [5, 5.41) is 9.36. The second kappa shape index (κ2) is 7.04. The molecule has 0 amide bonds. The Hall–Kier alpha value is -2.02. The smallest absolute Gasteiger partial charge is 0.167 e. The molecular formula is C16H19FN4OS. The van der Waals surface area contributed by atoms with Gasteiger partial charge in [-0.1, -0.05) is 0 Å². The zero-order valence-electron chi connectivity index (χ0n) is 13.2. The molecule has 0 atom stereocenters. The number of nitrogens with zero attached hydrogens (tertiary/aromatic N) is 4. The fraction of sp³-hybridized carbons (Fsp3) is 0.375. The van der Waals surface area contributed by atoms with E-state index in [0.717, 1.165) is 42.7 Å². The molecule has 2 heterocycles. The molecule has 0 saturated carbocycles. The molecule has 7 heteroatoms. The Morgan fingerprint density at radius 1 is 1.04 bits per heavy atom. The highest BCUT2D eigenvalue weighted by Crippen LogP contribution is 2.25. The molecule has 1 aliphatic heterocycles. The number of benzene rings is 1. The molecule has 1 saturated heterocycles. The topological polar surface area (TPSA) is 41.5 Å². The van der Waals surface area contributed by atoms with E-state index in [1.165, 1.54) is 13.2 Å². The van der Waals surface area contributed by atoms with Crippen molar-refractivity contribution >= 4 is 23.3 Å². The van der Waals surface area contributed by atoms with E-state index in [2.05, 4.69) is 20.0 Å². The van der Waals surface area contributed by atoms with Crippen molar-refractivity contribution < 1.29 is 9.13 Å². The summed E-state index contributed by atoms with van der Waals surface area (Å²) < 4.78 is 18.8. The van der Waals surface area contributed by atoms with Crippen LogP contribution in [0.25, 0.3) is 0 Å². The summed E-state index contributed by atoms with van der Waals surface area (Å²) in [6.07, 6.45) is 1.98. The normalized spacial score (nSPS) is 14.9. The van der Waals surface area contributed by atoms with Crippen molar-refractivity contribution in [1.82, 2.24) is 10.2 Å². The van der Waals surface area contributed by atoms with Crippen LogP contribution in [0, 0.1) is 5.82 Å². The van der Waals surface area contributed by atoms with Crippen LogP contribution in [0.1, 0.15) is 0 Å². The summed E-state index contributed by atoms with van der Waals surface area (Å²) in [5.74, 6) is 0.839. The van der Waals surface area contributed by atoms with Crippen LogP contribution in [0.15, 0.2) is 35.4 Å². The van der Waals surface area contributed by atoms with Crippen molar-refractivity contribution in [2.45, 2.75) is 5.03 Å². The predicted octanol–water partition coefficient (Wildman–Crippen LogP) is 2.67. The third-order valence-corrected chi connectivity index (χ3v) is 4.58. The van der Waals surface area contributed by atoms with Gasteiger partial charge in [-0.25, -0.2) is 4.39 Å². The van der Waals surface area contributed by atoms with Crippen molar-refractivity contribution in [3.63, 3.8) is 0 Å². The summed E-state index contributed by atoms with van der Waals surface area (Å²) in [6.45, 7) is 3.30. The third kappa shape index (κ3) is 3.50. The largest absolute Gasteiger partial charge is 0.494 e. The first-order valence-corrected chi connectivity index (χ1v) is 8.65. The van der Waals surface area contributed by atoms with Crippen LogP contribution < -0.4 is 14.5 Å². The molecule has 3 rings (SSSR count). The molecular weight excluding hydrogens is 315 g/mol. The van der Waals surface area contributed by atoms with Gasteiger partial charge in [-0.05, 0) is 30.5 Å². The third-order valence-electron chi connectivity index (χ3n) is 3.94. The maximum atomic E-state index is 13.8. The van der Waals surface area contributed by atoms with Crippen LogP contribution >= 0.6 is 11.8 Å². The first-order chi connectivity index (χ1) is 11.2. The molecule has 1 aromatic carbocycles. The summed E-state index contributed by atoms with van der Waals surface area (Å²) in [5.41, 5.74) is 0.881. The van der Waals surface area contributed by atoms with Crippen molar-refractivity contribution in [3.05, 3.63) is 36.1 Å². The quantitative estimate of drug-likeness (QED) is 0.801. The molecule has 1 aliphatic rings. The van der Waals surface area contributed by atoms with Crippen LogP contribution in [0.5, 0.6) is 5.75 Å². The van der Waals surface area contributed by atoms with Crippen molar-refractivity contribution in [2.75, 3.05) is 49.3 Å². The Labute approximate surface area is 139 Å². The van der Waals surface area contributed by atoms with E-state index in [0.29, 0.717) is 0 Å². The summed E-state index contributed by atoms with van der Waals surface area (Å²) in [4.78, 5) is 4.37. The molecule has 0 bridgehead atoms. The van der Waals surface area contributed by atoms with Crippen LogP contribution in [-0.4, -0.2) is 49.7 Å². The number of hydrogen-bond acceptors (Lipinski definition) is 6. The molecule has 122 valence electrons. The van der Waals surface area contributed by atoms with Crippen molar-refractivity contribution in [3.8, 4) is 5.75 Å². The molecule has 1 aromatic heterocycles. The Bertz CT molecular complexity index is 660. The van der Waals surface area contributed by atoms with Gasteiger partial charge in [-0.2, -0.15) is 0 Å². The number of aromatic nitrogens is 2. The molecule has 0 unspecified atom stereocenters. The second-order valence-corrected chi connectivity index (χ2v) is 6.05. The van der Waals surface area contributed by atoms with Crippen LogP contribution in [-0.2, 0) is 0 Å². The fourth-order valence-electron chi connectivity index (χ4n) is 2.64. The van der Waals surface area contributed by atoms with Gasteiger partial charge < -0.3 is 14.5 Å². The van der Waals surface area contributed by atoms with E-state index < -0.39 is 0 Å². The lowest BCUT2D eigenvalue weighted by atomic mass is 10.2. The van der Waals surface area contributed by atoms with Gasteiger partial charge in [-0.15, -0.1) is 22.0 Å². The molecule has 2 aromatic rings. The standard InChI is InChI=1S/C16H19FN4OS/c1-22-14-4-3-12(11-13(14)17)20-7-9-21(10-8-20)15-5-6-16(23-2)19-18-15/h3-6,11H,7-10H2,1-2H3. The van der Waals surface area contributed by atoms with E-state index in [1.807, 2.05) is 24.5 Å². The van der Waals surface area contributed by atoms with E-state index in [4.69, 9.17) is 4.74 Å². The molecule has 1 fully saturated rings. The van der Waals surface area contributed by atoms with Crippen molar-refractivity contribution in [2.24, 2.45) is 0 Å². The average molecular weight is 334 g/mol. The summed E-state index contributed by atoms with van der Waals surface area (Å²) in [7, 11) is 1.47. The summed E-state index contributed by atoms with van der Waals surface area (Å²) in [6, 6.07) is 9.08. The van der Waals surface area contributed by atoms with E-state index in [-0.39, 0.29) is 11.6 Å². The zero-order valence-corrected chi connectivity index (χ0v) is 14.0. The lowest BCUT2D eigenvalue weighted by Gasteiger charge is -2.36. The maximum absolute atomic E-state index is 13.8. The van der Waals surface area contributed by atoms with E-state index in [1.54, 1.807) is 17.8 Å². The average Bonchev–Trinajstić information content (AvgIpc) is 2.62. The van der Waals surface area contributed by atoms with Gasteiger partial charge in [0.15, 0.2) is 17.4 Å². The molecule has 0 spiro atoms. The highest BCUT2D eigenvalue weighted by molar-refractivity contribution is 7.98. The minimum Gasteiger partial charge on any atom is -0.494 e. The number of methoxy groups -OCH3 is 1. The first kappa shape index (κ1) is 15.9. The highest BCUT2D eigenvalue weighted by atomic mass is 32.2. The maximum Gasteiger partial charge on any atom is 0.167 e. The SMILES string of the molecule is COc1ccc(N2CCN(c3ccc(SC)nn3)CC2)cc1F. The second-order valence-electron chi connectivity index (χ2n) is 5.23. The molecule has 0 radical (unpaired) electrons. The van der Waals surface area contributed by atoms with E-state index >= 15 is 0 Å². The van der Waals surface area contributed by atoms with Gasteiger partial charge in [0.05, 0.1) is 7.11 Å². The van der Waals surface area contributed by atoms with Crippen LogP contribution in [0.3, 0.4) is 0 Å².